The third-order valence-corrected chi connectivity index (χ3v) is 7.27. The number of nitro groups is 2. The van der Waals surface area contributed by atoms with Crippen LogP contribution in [0.1, 0.15) is 11.4 Å². The summed E-state index contributed by atoms with van der Waals surface area (Å²) in [7, 11) is 0. The molecular formula is C38H34Cl2FN7O4. The van der Waals surface area contributed by atoms with Crippen LogP contribution >= 0.6 is 24.8 Å². The molecule has 0 saturated carbocycles. The van der Waals surface area contributed by atoms with Crippen LogP contribution in [0.15, 0.2) is 133 Å². The lowest BCUT2D eigenvalue weighted by Gasteiger charge is -2.11. The van der Waals surface area contributed by atoms with E-state index in [-0.39, 0.29) is 36.2 Å². The molecule has 0 amide bonds. The number of halogens is 3. The van der Waals surface area contributed by atoms with Crippen LogP contribution in [0.2, 0.25) is 0 Å². The summed E-state index contributed by atoms with van der Waals surface area (Å²) in [4.78, 5) is 28.7. The Balaban J connectivity index is 0.000000218. The molecule has 0 bridgehead atoms. The van der Waals surface area contributed by atoms with Crippen LogP contribution in [-0.4, -0.2) is 19.8 Å². The molecule has 5 aromatic carbocycles. The fraction of sp³-hybridized carbons (Fsp3) is 0.0526. The third kappa shape index (κ3) is 10.8. The average Bonchev–Trinajstić information content (AvgIpc) is 3.10. The van der Waals surface area contributed by atoms with Crippen LogP contribution in [-0.2, 0) is 0 Å². The van der Waals surface area contributed by atoms with Crippen molar-refractivity contribution in [1.29, 1.82) is 0 Å². The quantitative estimate of drug-likeness (QED) is 0.0855. The predicted octanol–water partition coefficient (Wildman–Crippen LogP) is 10.6. The summed E-state index contributed by atoms with van der Waals surface area (Å²) in [5.74, 6) is -0.467. The highest BCUT2D eigenvalue weighted by molar-refractivity contribution is 5.94. The van der Waals surface area contributed by atoms with Gasteiger partial charge in [0.25, 0.3) is 11.4 Å². The average molecular weight is 743 g/mol. The van der Waals surface area contributed by atoms with E-state index in [1.165, 1.54) is 12.1 Å². The summed E-state index contributed by atoms with van der Waals surface area (Å²) in [6.07, 6.45) is 0. The molecule has 7 rings (SSSR count). The molecule has 0 unspecified atom stereocenters. The van der Waals surface area contributed by atoms with E-state index in [4.69, 9.17) is 5.73 Å². The largest absolute Gasteiger partial charge is 0.399 e. The van der Waals surface area contributed by atoms with Crippen LogP contribution in [0.25, 0.3) is 21.8 Å². The first-order valence-electron chi connectivity index (χ1n) is 15.3. The number of hydrogen-bond donors (Lipinski definition) is 3. The molecule has 0 atom stereocenters. The number of aryl methyl sites for hydroxylation is 2. The summed E-state index contributed by atoms with van der Waals surface area (Å²) < 4.78 is 12.1. The Hall–Kier alpha value is -6.37. The fourth-order valence-corrected chi connectivity index (χ4v) is 4.93. The Labute approximate surface area is 310 Å². The number of fused-ring (bicyclic) bond motifs is 2. The molecule has 0 radical (unpaired) electrons. The Morgan fingerprint density at radius 1 is 0.577 bits per heavy atom. The number of nitro benzene ring substituents is 2. The zero-order valence-corrected chi connectivity index (χ0v) is 29.5. The molecule has 266 valence electrons. The highest BCUT2D eigenvalue weighted by atomic mass is 35.5. The maximum absolute atomic E-state index is 12.1. The molecule has 0 aliphatic rings. The second-order valence-electron chi connectivity index (χ2n) is 11.1. The molecule has 4 N–H and O–H groups in total. The third-order valence-electron chi connectivity index (χ3n) is 7.27. The van der Waals surface area contributed by atoms with Crippen LogP contribution in [0, 0.1) is 39.9 Å². The van der Waals surface area contributed by atoms with Crippen LogP contribution < -0.4 is 16.4 Å². The van der Waals surface area contributed by atoms with Gasteiger partial charge in [-0.25, -0.2) is 4.39 Å². The van der Waals surface area contributed by atoms with Gasteiger partial charge in [-0.3, -0.25) is 30.2 Å². The van der Waals surface area contributed by atoms with Crippen LogP contribution in [0.3, 0.4) is 0 Å². The lowest BCUT2D eigenvalue weighted by molar-refractivity contribution is -0.385. The minimum absolute atomic E-state index is 0. The number of nitrogens with two attached hydrogens (primary N) is 1. The lowest BCUT2D eigenvalue weighted by atomic mass is 10.1. The smallest absolute Gasteiger partial charge is 0.269 e. The molecule has 7 aromatic rings. The zero-order chi connectivity index (χ0) is 35.6. The predicted molar refractivity (Wildman–Crippen MR) is 211 cm³/mol. The Morgan fingerprint density at radius 2 is 0.942 bits per heavy atom. The minimum Gasteiger partial charge on any atom is -0.399 e. The molecule has 52 heavy (non-hydrogen) atoms. The van der Waals surface area contributed by atoms with Gasteiger partial charge in [0.05, 0.1) is 20.9 Å². The maximum atomic E-state index is 12.1. The highest BCUT2D eigenvalue weighted by Crippen LogP contribution is 2.28. The molecule has 0 aliphatic carbocycles. The van der Waals surface area contributed by atoms with E-state index in [2.05, 4.69) is 32.7 Å². The van der Waals surface area contributed by atoms with Crippen molar-refractivity contribution in [3.05, 3.63) is 171 Å². The number of nitrogen functional groups attached to an aromatic ring is 1. The van der Waals surface area contributed by atoms with Crippen molar-refractivity contribution in [3.8, 4) is 0 Å². The van der Waals surface area contributed by atoms with Gasteiger partial charge in [-0.1, -0.05) is 36.4 Å². The van der Waals surface area contributed by atoms with Crippen molar-refractivity contribution in [2.45, 2.75) is 13.8 Å². The number of nitrogens with one attached hydrogen (secondary N) is 2. The van der Waals surface area contributed by atoms with Gasteiger partial charge in [-0.15, -0.1) is 24.8 Å². The normalized spacial score (nSPS) is 9.90. The Morgan fingerprint density at radius 3 is 1.35 bits per heavy atom. The second-order valence-corrected chi connectivity index (χ2v) is 11.1. The number of aromatic nitrogens is 2. The molecule has 0 saturated heterocycles. The number of benzene rings is 5. The second kappa shape index (κ2) is 18.6. The van der Waals surface area contributed by atoms with Crippen molar-refractivity contribution in [3.63, 3.8) is 0 Å². The minimum atomic E-state index is -0.570. The topological polar surface area (TPSA) is 162 Å². The first-order valence-corrected chi connectivity index (χ1v) is 15.3. The van der Waals surface area contributed by atoms with Crippen LogP contribution in [0.4, 0.5) is 44.2 Å². The molecule has 11 nitrogen and oxygen atoms in total. The number of para-hydroxylation sites is 2. The first-order chi connectivity index (χ1) is 24.0. The van der Waals surface area contributed by atoms with E-state index >= 15 is 0 Å². The summed E-state index contributed by atoms with van der Waals surface area (Å²) in [6.45, 7) is 3.94. The van der Waals surface area contributed by atoms with Crippen molar-refractivity contribution in [1.82, 2.24) is 9.97 Å². The van der Waals surface area contributed by atoms with Crippen molar-refractivity contribution in [2.24, 2.45) is 0 Å². The molecule has 2 aromatic heterocycles. The Bertz CT molecular complexity index is 2280. The molecule has 0 spiro atoms. The van der Waals surface area contributed by atoms with E-state index < -0.39 is 15.7 Å². The number of hydrogen-bond acceptors (Lipinski definition) is 9. The summed E-state index contributed by atoms with van der Waals surface area (Å²) in [6, 6.07) is 38.4. The van der Waals surface area contributed by atoms with Crippen molar-refractivity contribution < 1.29 is 14.2 Å². The van der Waals surface area contributed by atoms with E-state index in [1.54, 1.807) is 12.1 Å². The maximum Gasteiger partial charge on any atom is 0.269 e. The van der Waals surface area contributed by atoms with Gasteiger partial charge >= 0.3 is 0 Å². The van der Waals surface area contributed by atoms with Gasteiger partial charge in [-0.2, -0.15) is 0 Å². The van der Waals surface area contributed by atoms with E-state index in [9.17, 15) is 24.6 Å². The van der Waals surface area contributed by atoms with E-state index in [1.807, 2.05) is 86.6 Å². The van der Waals surface area contributed by atoms with E-state index in [0.29, 0.717) is 0 Å². The molecule has 0 aliphatic heterocycles. The van der Waals surface area contributed by atoms with Gasteiger partial charge < -0.3 is 16.4 Å². The highest BCUT2D eigenvalue weighted by Gasteiger charge is 2.08. The summed E-state index contributed by atoms with van der Waals surface area (Å²) >= 11 is 0. The van der Waals surface area contributed by atoms with Gasteiger partial charge in [0.2, 0.25) is 0 Å². The fourth-order valence-electron chi connectivity index (χ4n) is 4.93. The SMILES string of the molecule is Cc1cc(Nc2ccc(N)cc2)c2ccccc2n1.Cc1cc(Nc2ccc([N+](=O)[O-])cc2)c2ccccc2n1.Cl.Cl.O=[N+]([O-])c1ccc(F)cc1. The lowest BCUT2D eigenvalue weighted by Crippen LogP contribution is -1.95. The molecule has 2 heterocycles. The number of anilines is 5. The number of rotatable bonds is 6. The number of non-ortho nitro benzene ring substituents is 2. The van der Waals surface area contributed by atoms with Gasteiger partial charge in [-0.05, 0) is 86.6 Å². The number of pyridine rings is 2. The van der Waals surface area contributed by atoms with Crippen molar-refractivity contribution >= 4 is 86.4 Å². The first kappa shape index (κ1) is 40.1. The van der Waals surface area contributed by atoms with Crippen molar-refractivity contribution in [2.75, 3.05) is 16.4 Å². The van der Waals surface area contributed by atoms with Crippen LogP contribution in [0.5, 0.6) is 0 Å². The van der Waals surface area contributed by atoms with Gasteiger partial charge in [0, 0.05) is 74.9 Å². The molecular weight excluding hydrogens is 708 g/mol. The van der Waals surface area contributed by atoms with Gasteiger partial charge in [0.15, 0.2) is 0 Å². The molecule has 0 fully saturated rings. The summed E-state index contributed by atoms with van der Waals surface area (Å²) in [5.41, 5.74) is 14.1. The molecule has 14 heteroatoms. The van der Waals surface area contributed by atoms with Gasteiger partial charge in [0.1, 0.15) is 5.82 Å². The summed E-state index contributed by atoms with van der Waals surface area (Å²) in [5, 5.41) is 29.5. The number of nitrogens with zero attached hydrogens (tertiary/aromatic N) is 4. The monoisotopic (exact) mass is 741 g/mol. The Kier molecular flexibility index (Phi) is 14.3. The zero-order valence-electron chi connectivity index (χ0n) is 27.9. The van der Waals surface area contributed by atoms with E-state index in [0.717, 1.165) is 85.9 Å². The standard InChI is InChI=1S/C16H13N3O2.C16H15N3.C6H4FNO2.2ClH/c1-11-10-16(14-4-2-3-5-15(14)17-11)18-12-6-8-13(9-7-12)19(20)21;1-11-10-16(14-4-2-3-5-15(14)18-11)19-13-8-6-12(17)7-9-13;7-5-1-3-6(4-2-5)8(9)10;;/h2-10H,1H3,(H,17,18);2-10H,17H2,1H3,(H,18,19);1-4H;2*1H.